The Bertz CT molecular complexity index is 404. The summed E-state index contributed by atoms with van der Waals surface area (Å²) in [5.74, 6) is -0.0786. The first-order chi connectivity index (χ1) is 8.38. The van der Waals surface area contributed by atoms with E-state index in [1.54, 1.807) is 12.1 Å². The summed E-state index contributed by atoms with van der Waals surface area (Å²) >= 11 is 11.5. The van der Waals surface area contributed by atoms with Crippen molar-refractivity contribution in [3.05, 3.63) is 28.0 Å². The van der Waals surface area contributed by atoms with Crippen LogP contribution in [-0.4, -0.2) is 17.0 Å². The van der Waals surface area contributed by atoms with Crippen LogP contribution in [0.2, 0.25) is 10.3 Å². The summed E-state index contributed by atoms with van der Waals surface area (Å²) in [6, 6.07) is 2.58. The molecule has 1 atom stereocenters. The summed E-state index contributed by atoms with van der Waals surface area (Å²) < 4.78 is 5.09. The van der Waals surface area contributed by atoms with Crippen molar-refractivity contribution in [2.45, 2.75) is 32.9 Å². The van der Waals surface area contributed by atoms with Gasteiger partial charge in [-0.15, -0.1) is 0 Å². The maximum atomic E-state index is 11.6. The van der Waals surface area contributed by atoms with Gasteiger partial charge in [0.15, 0.2) is 0 Å². The Balaban J connectivity index is 2.52. The molecule has 0 unspecified atom stereocenters. The number of rotatable bonds is 5. The van der Waals surface area contributed by atoms with Crippen LogP contribution in [0.15, 0.2) is 12.1 Å². The topological polar surface area (TPSA) is 65.2 Å². The molecule has 1 aromatic heterocycles. The molecule has 0 aliphatic heterocycles. The van der Waals surface area contributed by atoms with E-state index in [-0.39, 0.29) is 16.9 Å². The molecule has 18 heavy (non-hydrogen) atoms. The maximum Gasteiger partial charge on any atom is 0.323 e. The number of nitrogens with zero attached hydrogens (tertiary/aromatic N) is 1. The number of halogens is 2. The van der Waals surface area contributed by atoms with Crippen LogP contribution in [0.5, 0.6) is 0 Å². The molecule has 0 saturated carbocycles. The third-order valence-corrected chi connectivity index (χ3v) is 2.62. The van der Waals surface area contributed by atoms with Crippen molar-refractivity contribution < 1.29 is 9.53 Å². The molecule has 0 fully saturated rings. The van der Waals surface area contributed by atoms with Crippen LogP contribution in [0.3, 0.4) is 0 Å². The third-order valence-electron chi connectivity index (χ3n) is 2.23. The Hall–Kier alpha value is -0.840. The molecule has 0 radical (unpaired) electrons. The SMILES string of the molecule is CC(C)C[C@H](N)C(=O)OCc1cc(Cl)nc(Cl)c1. The maximum absolute atomic E-state index is 11.6. The predicted molar refractivity (Wildman–Crippen MR) is 71.5 cm³/mol. The Morgan fingerprint density at radius 3 is 2.44 bits per heavy atom. The van der Waals surface area contributed by atoms with Crippen LogP contribution in [-0.2, 0) is 16.1 Å². The molecular weight excluding hydrogens is 275 g/mol. The first-order valence-electron chi connectivity index (χ1n) is 5.62. The molecule has 0 bridgehead atoms. The monoisotopic (exact) mass is 290 g/mol. The van der Waals surface area contributed by atoms with E-state index in [2.05, 4.69) is 4.98 Å². The summed E-state index contributed by atoms with van der Waals surface area (Å²) in [6.07, 6.45) is 0.594. The van der Waals surface area contributed by atoms with Gasteiger partial charge in [-0.2, -0.15) is 0 Å². The van der Waals surface area contributed by atoms with E-state index < -0.39 is 12.0 Å². The van der Waals surface area contributed by atoms with Crippen LogP contribution in [0.1, 0.15) is 25.8 Å². The van der Waals surface area contributed by atoms with Crippen LogP contribution in [0.25, 0.3) is 0 Å². The smallest absolute Gasteiger partial charge is 0.323 e. The van der Waals surface area contributed by atoms with Crippen molar-refractivity contribution in [3.8, 4) is 0 Å². The van der Waals surface area contributed by atoms with Crippen molar-refractivity contribution >= 4 is 29.2 Å². The van der Waals surface area contributed by atoms with E-state index in [1.807, 2.05) is 13.8 Å². The van der Waals surface area contributed by atoms with Gasteiger partial charge in [0.2, 0.25) is 0 Å². The Labute approximate surface area is 116 Å². The molecule has 1 rings (SSSR count). The van der Waals surface area contributed by atoms with Crippen molar-refractivity contribution in [2.24, 2.45) is 11.7 Å². The second-order valence-electron chi connectivity index (χ2n) is 4.46. The first-order valence-corrected chi connectivity index (χ1v) is 6.38. The molecule has 6 heteroatoms. The van der Waals surface area contributed by atoms with Gasteiger partial charge in [-0.3, -0.25) is 4.79 Å². The molecule has 0 aliphatic carbocycles. The lowest BCUT2D eigenvalue weighted by Crippen LogP contribution is -2.33. The van der Waals surface area contributed by atoms with Gasteiger partial charge in [0.1, 0.15) is 23.0 Å². The van der Waals surface area contributed by atoms with Gasteiger partial charge < -0.3 is 10.5 Å². The van der Waals surface area contributed by atoms with Crippen LogP contribution < -0.4 is 5.73 Å². The average Bonchev–Trinajstić information content (AvgIpc) is 2.23. The lowest BCUT2D eigenvalue weighted by Gasteiger charge is -2.13. The van der Waals surface area contributed by atoms with Gasteiger partial charge in [-0.1, -0.05) is 37.0 Å². The minimum absolute atomic E-state index is 0.0899. The molecule has 1 heterocycles. The van der Waals surface area contributed by atoms with E-state index in [1.165, 1.54) is 0 Å². The Morgan fingerprint density at radius 2 is 1.94 bits per heavy atom. The number of esters is 1. The lowest BCUT2D eigenvalue weighted by atomic mass is 10.1. The summed E-state index contributed by atoms with van der Waals surface area (Å²) in [5, 5.41) is 0.528. The first kappa shape index (κ1) is 15.2. The summed E-state index contributed by atoms with van der Waals surface area (Å²) in [4.78, 5) is 15.4. The highest BCUT2D eigenvalue weighted by Gasteiger charge is 2.16. The quantitative estimate of drug-likeness (QED) is 0.669. The number of hydrogen-bond acceptors (Lipinski definition) is 4. The highest BCUT2D eigenvalue weighted by atomic mass is 35.5. The molecule has 0 aliphatic rings. The standard InChI is InChI=1S/C12H16Cl2N2O2/c1-7(2)3-9(15)12(17)18-6-8-4-10(13)16-11(14)5-8/h4-5,7,9H,3,6,15H2,1-2H3/t9-/m0/s1. The number of carbonyl (C=O) groups excluding carboxylic acids is 1. The zero-order valence-corrected chi connectivity index (χ0v) is 11.8. The van der Waals surface area contributed by atoms with Gasteiger partial charge in [-0.05, 0) is 30.0 Å². The van der Waals surface area contributed by atoms with Gasteiger partial charge in [0, 0.05) is 0 Å². The zero-order chi connectivity index (χ0) is 13.7. The van der Waals surface area contributed by atoms with Crippen molar-refractivity contribution in [2.75, 3.05) is 0 Å². The number of hydrogen-bond donors (Lipinski definition) is 1. The predicted octanol–water partition coefficient (Wildman–Crippen LogP) is 2.81. The molecule has 0 saturated heterocycles. The normalized spacial score (nSPS) is 12.6. The Morgan fingerprint density at radius 1 is 1.39 bits per heavy atom. The van der Waals surface area contributed by atoms with E-state index in [4.69, 9.17) is 33.7 Å². The largest absolute Gasteiger partial charge is 0.460 e. The fourth-order valence-corrected chi connectivity index (χ4v) is 1.97. The van der Waals surface area contributed by atoms with Crippen molar-refractivity contribution in [3.63, 3.8) is 0 Å². The molecule has 100 valence electrons. The van der Waals surface area contributed by atoms with Crippen molar-refractivity contribution in [1.29, 1.82) is 0 Å². The number of ether oxygens (including phenoxy) is 1. The molecular formula is C12H16Cl2N2O2. The van der Waals surface area contributed by atoms with Crippen molar-refractivity contribution in [1.82, 2.24) is 4.98 Å². The van der Waals surface area contributed by atoms with E-state index >= 15 is 0 Å². The highest BCUT2D eigenvalue weighted by molar-refractivity contribution is 6.32. The second kappa shape index (κ2) is 6.92. The van der Waals surface area contributed by atoms with Crippen LogP contribution >= 0.6 is 23.2 Å². The molecule has 0 amide bonds. The minimum Gasteiger partial charge on any atom is -0.460 e. The van der Waals surface area contributed by atoms with Gasteiger partial charge in [-0.25, -0.2) is 4.98 Å². The number of aromatic nitrogens is 1. The average molecular weight is 291 g/mol. The molecule has 0 spiro atoms. The highest BCUT2D eigenvalue weighted by Crippen LogP contribution is 2.15. The molecule has 0 aromatic carbocycles. The van der Waals surface area contributed by atoms with Crippen LogP contribution in [0, 0.1) is 5.92 Å². The van der Waals surface area contributed by atoms with E-state index in [0.717, 1.165) is 0 Å². The number of nitrogens with two attached hydrogens (primary N) is 1. The summed E-state index contributed by atoms with van der Waals surface area (Å²) in [7, 11) is 0. The van der Waals surface area contributed by atoms with Gasteiger partial charge in [0.25, 0.3) is 0 Å². The fourth-order valence-electron chi connectivity index (χ4n) is 1.46. The summed E-state index contributed by atoms with van der Waals surface area (Å²) in [6.45, 7) is 4.08. The molecule has 4 nitrogen and oxygen atoms in total. The molecule has 2 N–H and O–H groups in total. The number of carbonyl (C=O) groups is 1. The Kier molecular flexibility index (Phi) is 5.85. The minimum atomic E-state index is -0.599. The second-order valence-corrected chi connectivity index (χ2v) is 5.24. The third kappa shape index (κ3) is 5.21. The summed E-state index contributed by atoms with van der Waals surface area (Å²) in [5.41, 5.74) is 6.39. The van der Waals surface area contributed by atoms with Gasteiger partial charge >= 0.3 is 5.97 Å². The number of pyridine rings is 1. The van der Waals surface area contributed by atoms with Gasteiger partial charge in [0.05, 0.1) is 0 Å². The molecule has 1 aromatic rings. The van der Waals surface area contributed by atoms with E-state index in [0.29, 0.717) is 17.9 Å². The van der Waals surface area contributed by atoms with Crippen LogP contribution in [0.4, 0.5) is 0 Å². The fraction of sp³-hybridized carbons (Fsp3) is 0.500. The lowest BCUT2D eigenvalue weighted by molar-refractivity contribution is -0.146. The van der Waals surface area contributed by atoms with E-state index in [9.17, 15) is 4.79 Å². The zero-order valence-electron chi connectivity index (χ0n) is 10.3.